The van der Waals surface area contributed by atoms with E-state index in [0.29, 0.717) is 35.3 Å². The van der Waals surface area contributed by atoms with Gasteiger partial charge >= 0.3 is 5.97 Å². The van der Waals surface area contributed by atoms with E-state index in [0.717, 1.165) is 25.1 Å². The fourth-order valence-electron chi connectivity index (χ4n) is 2.60. The first-order valence-electron chi connectivity index (χ1n) is 7.74. The molecular formula is C17H18ClN3O3. The monoisotopic (exact) mass is 347 g/mol. The highest BCUT2D eigenvalue weighted by molar-refractivity contribution is 6.30. The lowest BCUT2D eigenvalue weighted by Crippen LogP contribution is -2.34. The van der Waals surface area contributed by atoms with Crippen LogP contribution in [-0.2, 0) is 16.0 Å². The van der Waals surface area contributed by atoms with Crippen LogP contribution in [0, 0.1) is 0 Å². The van der Waals surface area contributed by atoms with Gasteiger partial charge < -0.3 is 9.26 Å². The summed E-state index contributed by atoms with van der Waals surface area (Å²) in [4.78, 5) is 18.2. The number of esters is 1. The van der Waals surface area contributed by atoms with E-state index in [-0.39, 0.29) is 5.97 Å². The van der Waals surface area contributed by atoms with Crippen LogP contribution in [-0.4, -0.2) is 47.8 Å². The van der Waals surface area contributed by atoms with Gasteiger partial charge in [-0.15, -0.1) is 0 Å². The highest BCUT2D eigenvalue weighted by Crippen LogP contribution is 2.19. The Kier molecular flexibility index (Phi) is 5.27. The van der Waals surface area contributed by atoms with Gasteiger partial charge in [-0.3, -0.25) is 4.90 Å². The van der Waals surface area contributed by atoms with E-state index in [9.17, 15) is 4.79 Å². The molecule has 126 valence electrons. The molecule has 7 heteroatoms. The van der Waals surface area contributed by atoms with Crippen LogP contribution < -0.4 is 0 Å². The third-order valence-electron chi connectivity index (χ3n) is 3.89. The molecule has 0 atom stereocenters. The summed E-state index contributed by atoms with van der Waals surface area (Å²) in [5.41, 5.74) is 1.57. The van der Waals surface area contributed by atoms with Crippen molar-refractivity contribution < 1.29 is 14.1 Å². The summed E-state index contributed by atoms with van der Waals surface area (Å²) < 4.78 is 10.1. The Morgan fingerprint density at radius 2 is 2.17 bits per heavy atom. The molecule has 2 aromatic rings. The second-order valence-corrected chi connectivity index (χ2v) is 5.99. The van der Waals surface area contributed by atoms with Crippen molar-refractivity contribution in [1.29, 1.82) is 0 Å². The quantitative estimate of drug-likeness (QED) is 0.775. The summed E-state index contributed by atoms with van der Waals surface area (Å²) in [5.74, 6) is 0.868. The third kappa shape index (κ3) is 4.01. The van der Waals surface area contributed by atoms with Crippen LogP contribution in [0.4, 0.5) is 0 Å². The SMILES string of the molecule is COC(=O)C1=CCCN(CCc2nc(-c3ccc(Cl)cc3)no2)C1. The van der Waals surface area contributed by atoms with Crippen molar-refractivity contribution in [3.05, 3.63) is 46.8 Å². The molecule has 3 rings (SSSR count). The van der Waals surface area contributed by atoms with Crippen molar-refractivity contribution in [2.45, 2.75) is 12.8 Å². The number of hydrogen-bond acceptors (Lipinski definition) is 6. The fraction of sp³-hybridized carbons (Fsp3) is 0.353. The lowest BCUT2D eigenvalue weighted by atomic mass is 10.1. The van der Waals surface area contributed by atoms with Crippen molar-refractivity contribution in [2.75, 3.05) is 26.7 Å². The molecule has 0 saturated carbocycles. The lowest BCUT2D eigenvalue weighted by Gasteiger charge is -2.25. The molecule has 0 unspecified atom stereocenters. The number of methoxy groups -OCH3 is 1. The van der Waals surface area contributed by atoms with Crippen molar-refractivity contribution >= 4 is 17.6 Å². The van der Waals surface area contributed by atoms with Gasteiger partial charge in [0.1, 0.15) is 0 Å². The third-order valence-corrected chi connectivity index (χ3v) is 4.14. The highest BCUT2D eigenvalue weighted by atomic mass is 35.5. The molecule has 2 heterocycles. The predicted molar refractivity (Wildman–Crippen MR) is 89.6 cm³/mol. The van der Waals surface area contributed by atoms with E-state index < -0.39 is 0 Å². The highest BCUT2D eigenvalue weighted by Gasteiger charge is 2.19. The Morgan fingerprint density at radius 1 is 1.38 bits per heavy atom. The Bertz CT molecular complexity index is 740. The second-order valence-electron chi connectivity index (χ2n) is 5.55. The van der Waals surface area contributed by atoms with Gasteiger partial charge in [-0.25, -0.2) is 4.79 Å². The Balaban J connectivity index is 1.57. The molecule has 1 aromatic heterocycles. The van der Waals surface area contributed by atoms with E-state index in [4.69, 9.17) is 20.9 Å². The average molecular weight is 348 g/mol. The number of rotatable bonds is 5. The first-order chi connectivity index (χ1) is 11.7. The fourth-order valence-corrected chi connectivity index (χ4v) is 2.73. The minimum atomic E-state index is -0.262. The van der Waals surface area contributed by atoms with Crippen molar-refractivity contribution in [3.8, 4) is 11.4 Å². The maximum Gasteiger partial charge on any atom is 0.334 e. The van der Waals surface area contributed by atoms with Gasteiger partial charge in [0.05, 0.1) is 7.11 Å². The summed E-state index contributed by atoms with van der Waals surface area (Å²) in [5, 5.41) is 4.67. The molecule has 0 spiro atoms. The van der Waals surface area contributed by atoms with Gasteiger partial charge in [0.2, 0.25) is 11.7 Å². The molecule has 6 nitrogen and oxygen atoms in total. The van der Waals surface area contributed by atoms with Crippen LogP contribution in [0.15, 0.2) is 40.4 Å². The number of benzene rings is 1. The standard InChI is InChI=1S/C17H18ClN3O3/c1-23-17(22)13-3-2-9-21(11-13)10-8-15-19-16(20-24-15)12-4-6-14(18)7-5-12/h3-7H,2,8-11H2,1H3. The number of carbonyl (C=O) groups excluding carboxylic acids is 1. The first kappa shape index (κ1) is 16.7. The number of aromatic nitrogens is 2. The number of halogens is 1. The Labute approximate surface area is 145 Å². The lowest BCUT2D eigenvalue weighted by molar-refractivity contribution is -0.136. The summed E-state index contributed by atoms with van der Waals surface area (Å²) in [7, 11) is 1.40. The molecule has 1 aromatic carbocycles. The minimum Gasteiger partial charge on any atom is -0.466 e. The molecule has 1 aliphatic heterocycles. The summed E-state index contributed by atoms with van der Waals surface area (Å²) in [6.07, 6.45) is 3.41. The van der Waals surface area contributed by atoms with Gasteiger partial charge in [-0.2, -0.15) is 4.98 Å². The second kappa shape index (κ2) is 7.59. The molecule has 0 bridgehead atoms. The Hall–Kier alpha value is -2.18. The van der Waals surface area contributed by atoms with Crippen LogP contribution in [0.3, 0.4) is 0 Å². The van der Waals surface area contributed by atoms with Gasteiger partial charge in [0, 0.05) is 42.2 Å². The van der Waals surface area contributed by atoms with Gasteiger partial charge in [-0.05, 0) is 30.7 Å². The molecule has 0 aliphatic carbocycles. The number of nitrogens with zero attached hydrogens (tertiary/aromatic N) is 3. The van der Waals surface area contributed by atoms with E-state index in [2.05, 4.69) is 15.0 Å². The smallest absolute Gasteiger partial charge is 0.334 e. The number of ether oxygens (including phenoxy) is 1. The van der Waals surface area contributed by atoms with Gasteiger partial charge in [-0.1, -0.05) is 22.8 Å². The zero-order valence-corrected chi connectivity index (χ0v) is 14.1. The summed E-state index contributed by atoms with van der Waals surface area (Å²) in [6, 6.07) is 7.30. The molecule has 24 heavy (non-hydrogen) atoms. The summed E-state index contributed by atoms with van der Waals surface area (Å²) in [6.45, 7) is 2.24. The van der Waals surface area contributed by atoms with Crippen molar-refractivity contribution in [2.24, 2.45) is 0 Å². The maximum absolute atomic E-state index is 11.6. The predicted octanol–water partition coefficient (Wildman–Crippen LogP) is 2.74. The molecule has 0 amide bonds. The largest absolute Gasteiger partial charge is 0.466 e. The summed E-state index contributed by atoms with van der Waals surface area (Å²) >= 11 is 5.88. The van der Waals surface area contributed by atoms with Crippen molar-refractivity contribution in [1.82, 2.24) is 15.0 Å². The van der Waals surface area contributed by atoms with E-state index in [1.807, 2.05) is 18.2 Å². The van der Waals surface area contributed by atoms with Crippen LogP contribution in [0.5, 0.6) is 0 Å². The van der Waals surface area contributed by atoms with Crippen LogP contribution in [0.25, 0.3) is 11.4 Å². The minimum absolute atomic E-state index is 0.262. The van der Waals surface area contributed by atoms with Crippen LogP contribution in [0.2, 0.25) is 5.02 Å². The topological polar surface area (TPSA) is 68.5 Å². The molecule has 0 radical (unpaired) electrons. The van der Waals surface area contributed by atoms with Crippen LogP contribution in [0.1, 0.15) is 12.3 Å². The molecule has 1 aliphatic rings. The molecular weight excluding hydrogens is 330 g/mol. The zero-order chi connectivity index (χ0) is 16.9. The zero-order valence-electron chi connectivity index (χ0n) is 13.4. The van der Waals surface area contributed by atoms with Crippen LogP contribution >= 0.6 is 11.6 Å². The first-order valence-corrected chi connectivity index (χ1v) is 8.12. The Morgan fingerprint density at radius 3 is 2.92 bits per heavy atom. The van der Waals surface area contributed by atoms with E-state index in [1.54, 1.807) is 12.1 Å². The number of hydrogen-bond donors (Lipinski definition) is 0. The normalized spacial score (nSPS) is 15.2. The van der Waals surface area contributed by atoms with Gasteiger partial charge in [0.15, 0.2) is 0 Å². The van der Waals surface area contributed by atoms with Crippen molar-refractivity contribution in [3.63, 3.8) is 0 Å². The van der Waals surface area contributed by atoms with E-state index >= 15 is 0 Å². The number of carbonyl (C=O) groups is 1. The van der Waals surface area contributed by atoms with Gasteiger partial charge in [0.25, 0.3) is 0 Å². The molecule has 0 saturated heterocycles. The maximum atomic E-state index is 11.6. The molecule has 0 N–H and O–H groups in total. The molecule has 0 fully saturated rings. The average Bonchev–Trinajstić information content (AvgIpc) is 3.09. The van der Waals surface area contributed by atoms with E-state index in [1.165, 1.54) is 7.11 Å².